The molecule has 3 aromatic carbocycles. The number of H-pyrrole nitrogens is 1. The van der Waals surface area contributed by atoms with Crippen molar-refractivity contribution >= 4 is 28.6 Å². The van der Waals surface area contributed by atoms with Gasteiger partial charge in [0.25, 0.3) is 5.91 Å². The SMILES string of the molecule is Cc1cc2[nH]c(Nc3cccc(C(=O)NO)c3)[n+](C)c2cc1-c1ccccc1. The van der Waals surface area contributed by atoms with E-state index in [4.69, 9.17) is 5.21 Å². The Hall–Kier alpha value is -3.64. The number of nitrogens with one attached hydrogen (secondary N) is 3. The highest BCUT2D eigenvalue weighted by molar-refractivity contribution is 5.94. The Balaban J connectivity index is 1.73. The number of fused-ring (bicyclic) bond motifs is 1. The van der Waals surface area contributed by atoms with Crippen molar-refractivity contribution in [1.29, 1.82) is 0 Å². The summed E-state index contributed by atoms with van der Waals surface area (Å²) in [5.74, 6) is 0.244. The lowest BCUT2D eigenvalue weighted by atomic mass is 10.00. The highest BCUT2D eigenvalue weighted by Gasteiger charge is 2.17. The van der Waals surface area contributed by atoms with Crippen molar-refractivity contribution in [3.8, 4) is 11.1 Å². The van der Waals surface area contributed by atoms with E-state index in [1.165, 1.54) is 16.7 Å². The van der Waals surface area contributed by atoms with Gasteiger partial charge in [0.2, 0.25) is 0 Å². The van der Waals surface area contributed by atoms with Crippen LogP contribution < -0.4 is 15.4 Å². The quantitative estimate of drug-likeness (QED) is 0.249. The molecule has 4 N–H and O–H groups in total. The number of anilines is 2. The van der Waals surface area contributed by atoms with Gasteiger partial charge in [-0.15, -0.1) is 0 Å². The summed E-state index contributed by atoms with van der Waals surface area (Å²) in [6.45, 7) is 2.10. The van der Waals surface area contributed by atoms with E-state index in [1.54, 1.807) is 23.7 Å². The second-order valence-corrected chi connectivity index (χ2v) is 6.73. The molecule has 4 aromatic rings. The Kier molecular flexibility index (Phi) is 4.55. The highest BCUT2D eigenvalue weighted by Crippen LogP contribution is 2.27. The van der Waals surface area contributed by atoms with Crippen LogP contribution in [0.15, 0.2) is 66.7 Å². The van der Waals surface area contributed by atoms with Crippen LogP contribution >= 0.6 is 0 Å². The van der Waals surface area contributed by atoms with E-state index in [1.807, 2.05) is 35.9 Å². The number of carbonyl (C=O) groups excluding carboxylic acids is 1. The molecule has 0 aliphatic rings. The smallest absolute Gasteiger partial charge is 0.288 e. The second-order valence-electron chi connectivity index (χ2n) is 6.73. The lowest BCUT2D eigenvalue weighted by Crippen LogP contribution is -2.29. The van der Waals surface area contributed by atoms with E-state index in [0.29, 0.717) is 5.56 Å². The number of aromatic amines is 1. The minimum Gasteiger partial charge on any atom is -0.288 e. The van der Waals surface area contributed by atoms with Crippen molar-refractivity contribution < 1.29 is 14.6 Å². The van der Waals surface area contributed by atoms with Crippen LogP contribution in [0.3, 0.4) is 0 Å². The van der Waals surface area contributed by atoms with Crippen LogP contribution in [0.25, 0.3) is 22.2 Å². The first kappa shape index (κ1) is 17.8. The fraction of sp³-hybridized carbons (Fsp3) is 0.0909. The molecule has 1 aromatic heterocycles. The van der Waals surface area contributed by atoms with Crippen LogP contribution in [0.4, 0.5) is 11.6 Å². The maximum absolute atomic E-state index is 11.6. The minimum absolute atomic E-state index is 0.369. The Morgan fingerprint density at radius 1 is 1.04 bits per heavy atom. The van der Waals surface area contributed by atoms with E-state index in [9.17, 15) is 4.79 Å². The number of aryl methyl sites for hydroxylation is 2. The zero-order valence-electron chi connectivity index (χ0n) is 15.7. The number of rotatable bonds is 4. The molecule has 140 valence electrons. The van der Waals surface area contributed by atoms with Crippen LogP contribution in [0.5, 0.6) is 0 Å². The van der Waals surface area contributed by atoms with Gasteiger partial charge in [0.15, 0.2) is 0 Å². The number of hydroxylamine groups is 1. The van der Waals surface area contributed by atoms with Crippen LogP contribution in [0.1, 0.15) is 15.9 Å². The fourth-order valence-corrected chi connectivity index (χ4v) is 3.39. The molecule has 0 unspecified atom stereocenters. The van der Waals surface area contributed by atoms with Gasteiger partial charge in [-0.05, 0) is 53.9 Å². The van der Waals surface area contributed by atoms with Crippen molar-refractivity contribution in [1.82, 2.24) is 10.5 Å². The zero-order valence-corrected chi connectivity index (χ0v) is 15.7. The Morgan fingerprint density at radius 3 is 2.57 bits per heavy atom. The molecule has 0 aliphatic carbocycles. The summed E-state index contributed by atoms with van der Waals surface area (Å²) in [6.07, 6.45) is 0. The van der Waals surface area contributed by atoms with Gasteiger partial charge in [0.05, 0.1) is 12.7 Å². The van der Waals surface area contributed by atoms with Crippen molar-refractivity contribution in [3.63, 3.8) is 0 Å². The largest absolute Gasteiger partial charge is 0.360 e. The number of imidazole rings is 1. The summed E-state index contributed by atoms with van der Waals surface area (Å²) in [7, 11) is 1.98. The molecule has 0 bridgehead atoms. The Morgan fingerprint density at radius 2 is 1.82 bits per heavy atom. The van der Waals surface area contributed by atoms with Gasteiger partial charge in [-0.2, -0.15) is 0 Å². The number of amides is 1. The summed E-state index contributed by atoms with van der Waals surface area (Å²) < 4.78 is 2.04. The average molecular weight is 373 g/mol. The third kappa shape index (κ3) is 3.21. The monoisotopic (exact) mass is 373 g/mol. The molecule has 0 aliphatic heterocycles. The molecular weight excluding hydrogens is 352 g/mol. The second kappa shape index (κ2) is 7.17. The molecule has 6 nitrogen and oxygen atoms in total. The molecule has 0 saturated heterocycles. The van der Waals surface area contributed by atoms with Gasteiger partial charge in [0.1, 0.15) is 11.0 Å². The van der Waals surface area contributed by atoms with Crippen molar-refractivity contribution in [3.05, 3.63) is 77.9 Å². The van der Waals surface area contributed by atoms with Gasteiger partial charge in [-0.1, -0.05) is 36.4 Å². The van der Waals surface area contributed by atoms with E-state index in [0.717, 1.165) is 22.7 Å². The average Bonchev–Trinajstić information content (AvgIpc) is 3.02. The van der Waals surface area contributed by atoms with Crippen molar-refractivity contribution in [2.75, 3.05) is 5.32 Å². The first-order valence-electron chi connectivity index (χ1n) is 8.96. The first-order valence-corrected chi connectivity index (χ1v) is 8.96. The molecule has 0 spiro atoms. The number of carbonyl (C=O) groups is 1. The predicted octanol–water partition coefficient (Wildman–Crippen LogP) is 3.83. The standard InChI is InChI=1S/C22H20N4O2/c1-14-11-19-20(13-18(14)15-7-4-3-5-8-15)26(2)22(24-19)23-17-10-6-9-16(12-17)21(27)25-28/h3-13H,1-2H3,(H3,23,24,25,27,28)/p+1. The van der Waals surface area contributed by atoms with Crippen LogP contribution in [0, 0.1) is 6.92 Å². The third-order valence-corrected chi connectivity index (χ3v) is 4.87. The zero-order chi connectivity index (χ0) is 19.7. The molecule has 28 heavy (non-hydrogen) atoms. The fourth-order valence-electron chi connectivity index (χ4n) is 3.39. The number of benzene rings is 3. The molecule has 0 radical (unpaired) electrons. The molecular formula is C22H21N4O2+. The van der Waals surface area contributed by atoms with Crippen LogP contribution in [-0.4, -0.2) is 16.1 Å². The molecule has 1 amide bonds. The highest BCUT2D eigenvalue weighted by atomic mass is 16.5. The lowest BCUT2D eigenvalue weighted by Gasteiger charge is -2.05. The molecule has 0 atom stereocenters. The van der Waals surface area contributed by atoms with Crippen LogP contribution in [-0.2, 0) is 7.05 Å². The predicted molar refractivity (Wildman–Crippen MR) is 109 cm³/mol. The number of nitrogens with zero attached hydrogens (tertiary/aromatic N) is 1. The molecule has 0 fully saturated rings. The van der Waals surface area contributed by atoms with Crippen molar-refractivity contribution in [2.45, 2.75) is 6.92 Å². The number of hydrogen-bond donors (Lipinski definition) is 4. The molecule has 4 rings (SSSR count). The molecule has 1 heterocycles. The van der Waals surface area contributed by atoms with Gasteiger partial charge in [-0.25, -0.2) is 20.3 Å². The normalized spacial score (nSPS) is 10.8. The number of aromatic nitrogens is 2. The minimum atomic E-state index is -0.548. The maximum atomic E-state index is 11.6. The Labute approximate surface area is 162 Å². The summed E-state index contributed by atoms with van der Waals surface area (Å²) >= 11 is 0. The van der Waals surface area contributed by atoms with E-state index >= 15 is 0 Å². The topological polar surface area (TPSA) is 81.0 Å². The molecule has 0 saturated carbocycles. The first-order chi connectivity index (χ1) is 13.6. The van der Waals surface area contributed by atoms with E-state index < -0.39 is 5.91 Å². The van der Waals surface area contributed by atoms with Crippen LogP contribution in [0.2, 0.25) is 0 Å². The lowest BCUT2D eigenvalue weighted by molar-refractivity contribution is -0.629. The Bertz CT molecular complexity index is 1170. The maximum Gasteiger partial charge on any atom is 0.360 e. The summed E-state index contributed by atoms with van der Waals surface area (Å²) in [5.41, 5.74) is 8.41. The summed E-state index contributed by atoms with van der Waals surface area (Å²) in [5, 5.41) is 12.1. The van der Waals surface area contributed by atoms with Crippen molar-refractivity contribution in [2.24, 2.45) is 7.05 Å². The van der Waals surface area contributed by atoms with Gasteiger partial charge >= 0.3 is 5.95 Å². The summed E-state index contributed by atoms with van der Waals surface area (Å²) in [4.78, 5) is 15.0. The summed E-state index contributed by atoms with van der Waals surface area (Å²) in [6, 6.07) is 21.6. The third-order valence-electron chi connectivity index (χ3n) is 4.87. The van der Waals surface area contributed by atoms with E-state index in [2.05, 4.69) is 41.5 Å². The van der Waals surface area contributed by atoms with Gasteiger partial charge < -0.3 is 0 Å². The van der Waals surface area contributed by atoms with E-state index in [-0.39, 0.29) is 0 Å². The number of hydrogen-bond acceptors (Lipinski definition) is 3. The van der Waals surface area contributed by atoms with Gasteiger partial charge in [-0.3, -0.25) is 10.0 Å². The molecule has 6 heteroatoms. The van der Waals surface area contributed by atoms with Gasteiger partial charge in [0, 0.05) is 5.56 Å².